The summed E-state index contributed by atoms with van der Waals surface area (Å²) < 4.78 is 13.1. The quantitative estimate of drug-likeness (QED) is 0.106. The third kappa shape index (κ3) is 6.03. The maximum Gasteiger partial charge on any atom is 0.143 e. The third-order valence-electron chi connectivity index (χ3n) is 9.84. The van der Waals surface area contributed by atoms with E-state index in [4.69, 9.17) is 8.83 Å². The van der Waals surface area contributed by atoms with Gasteiger partial charge in [0.25, 0.3) is 0 Å². The SMILES string of the molecule is C=CC/C=C\C=C/C/C=C/c1cccc(N(c2ccc3oc4ccccc4c3c2)c2ccccc2-c2cccc3c2oc2c4ccccc4ccc32)c1. The van der Waals surface area contributed by atoms with E-state index in [0.29, 0.717) is 0 Å². The molecule has 0 aliphatic carbocycles. The molecule has 0 aliphatic heterocycles. The molecule has 0 amide bonds. The number of para-hydroxylation sites is 3. The predicted molar refractivity (Wildman–Crippen MR) is 225 cm³/mol. The molecular formula is C50H37NO2. The number of rotatable bonds is 10. The molecule has 3 heteroatoms. The first-order valence-electron chi connectivity index (χ1n) is 18.1. The van der Waals surface area contributed by atoms with E-state index in [1.165, 1.54) is 5.39 Å². The fourth-order valence-corrected chi connectivity index (χ4v) is 7.38. The van der Waals surface area contributed by atoms with Crippen molar-refractivity contribution in [2.75, 3.05) is 4.90 Å². The van der Waals surface area contributed by atoms with Crippen molar-refractivity contribution in [1.82, 2.24) is 0 Å². The highest BCUT2D eigenvalue weighted by molar-refractivity contribution is 6.17. The van der Waals surface area contributed by atoms with Gasteiger partial charge in [0.15, 0.2) is 0 Å². The Morgan fingerprint density at radius 1 is 0.491 bits per heavy atom. The van der Waals surface area contributed by atoms with Gasteiger partial charge in [0.1, 0.15) is 22.3 Å². The number of nitrogens with zero attached hydrogens (tertiary/aromatic N) is 1. The van der Waals surface area contributed by atoms with Crippen LogP contribution in [0.15, 0.2) is 197 Å². The van der Waals surface area contributed by atoms with Crippen molar-refractivity contribution in [3.05, 3.63) is 194 Å². The molecule has 7 aromatic carbocycles. The van der Waals surface area contributed by atoms with Gasteiger partial charge < -0.3 is 13.7 Å². The Balaban J connectivity index is 1.20. The van der Waals surface area contributed by atoms with Gasteiger partial charge in [0.05, 0.1) is 5.69 Å². The summed E-state index contributed by atoms with van der Waals surface area (Å²) in [5, 5.41) is 6.69. The summed E-state index contributed by atoms with van der Waals surface area (Å²) in [6.07, 6.45) is 16.4. The van der Waals surface area contributed by atoms with Crippen LogP contribution in [0.25, 0.3) is 71.9 Å². The predicted octanol–water partition coefficient (Wildman–Crippen LogP) is 14.9. The van der Waals surface area contributed by atoms with Crippen molar-refractivity contribution in [3.8, 4) is 11.1 Å². The fraction of sp³-hybridized carbons (Fsp3) is 0.0400. The number of allylic oxidation sites excluding steroid dienone is 6. The van der Waals surface area contributed by atoms with Gasteiger partial charge in [0, 0.05) is 49.4 Å². The fourth-order valence-electron chi connectivity index (χ4n) is 7.38. The molecule has 53 heavy (non-hydrogen) atoms. The number of hydrogen-bond acceptors (Lipinski definition) is 3. The summed E-state index contributed by atoms with van der Waals surface area (Å²) >= 11 is 0. The normalized spacial score (nSPS) is 12.2. The van der Waals surface area contributed by atoms with Crippen LogP contribution in [0.5, 0.6) is 0 Å². The van der Waals surface area contributed by atoms with Crippen LogP contribution in [-0.2, 0) is 0 Å². The molecule has 0 bridgehead atoms. The lowest BCUT2D eigenvalue weighted by Gasteiger charge is -2.28. The van der Waals surface area contributed by atoms with Crippen LogP contribution in [0.3, 0.4) is 0 Å². The lowest BCUT2D eigenvalue weighted by molar-refractivity contribution is 0.669. The molecule has 0 radical (unpaired) electrons. The first-order valence-corrected chi connectivity index (χ1v) is 18.1. The lowest BCUT2D eigenvalue weighted by Crippen LogP contribution is -2.11. The summed E-state index contributed by atoms with van der Waals surface area (Å²) in [4.78, 5) is 2.36. The summed E-state index contributed by atoms with van der Waals surface area (Å²) in [6, 6.07) is 51.4. The molecule has 0 unspecified atom stereocenters. The molecular weight excluding hydrogens is 647 g/mol. The van der Waals surface area contributed by atoms with Crippen molar-refractivity contribution in [1.29, 1.82) is 0 Å². The van der Waals surface area contributed by atoms with Crippen molar-refractivity contribution in [2.45, 2.75) is 12.8 Å². The van der Waals surface area contributed by atoms with Crippen LogP contribution in [0, 0.1) is 0 Å². The zero-order valence-corrected chi connectivity index (χ0v) is 29.3. The van der Waals surface area contributed by atoms with E-state index in [0.717, 1.165) is 95.9 Å². The first kappa shape index (κ1) is 32.1. The third-order valence-corrected chi connectivity index (χ3v) is 9.84. The van der Waals surface area contributed by atoms with Gasteiger partial charge in [0.2, 0.25) is 0 Å². The van der Waals surface area contributed by atoms with E-state index in [1.54, 1.807) is 0 Å². The largest absolute Gasteiger partial charge is 0.456 e. The van der Waals surface area contributed by atoms with Crippen molar-refractivity contribution >= 4 is 77.8 Å². The maximum atomic E-state index is 6.85. The number of anilines is 3. The molecule has 0 spiro atoms. The number of furan rings is 2. The Morgan fingerprint density at radius 3 is 2.13 bits per heavy atom. The van der Waals surface area contributed by atoms with Crippen molar-refractivity contribution in [2.24, 2.45) is 0 Å². The van der Waals surface area contributed by atoms with E-state index in [-0.39, 0.29) is 0 Å². The minimum atomic E-state index is 0.843. The van der Waals surface area contributed by atoms with Gasteiger partial charge in [-0.15, -0.1) is 6.58 Å². The Labute approximate surface area is 308 Å². The molecule has 0 saturated carbocycles. The van der Waals surface area contributed by atoms with Gasteiger partial charge in [-0.1, -0.05) is 140 Å². The van der Waals surface area contributed by atoms with Gasteiger partial charge in [-0.25, -0.2) is 0 Å². The van der Waals surface area contributed by atoms with Crippen molar-refractivity contribution < 1.29 is 8.83 Å². The zero-order chi connectivity index (χ0) is 35.6. The molecule has 0 N–H and O–H groups in total. The van der Waals surface area contributed by atoms with Gasteiger partial charge in [-0.3, -0.25) is 0 Å². The number of fused-ring (bicyclic) bond motifs is 8. The molecule has 0 fully saturated rings. The second-order valence-electron chi connectivity index (χ2n) is 13.2. The second-order valence-corrected chi connectivity index (χ2v) is 13.2. The first-order chi connectivity index (χ1) is 26.3. The Morgan fingerprint density at radius 2 is 1.21 bits per heavy atom. The smallest absolute Gasteiger partial charge is 0.143 e. The minimum absolute atomic E-state index is 0.843. The average Bonchev–Trinajstić information content (AvgIpc) is 3.78. The Kier molecular flexibility index (Phi) is 8.51. The van der Waals surface area contributed by atoms with Crippen LogP contribution in [0.2, 0.25) is 0 Å². The molecule has 0 aliphatic rings. The van der Waals surface area contributed by atoms with Crippen molar-refractivity contribution in [3.63, 3.8) is 0 Å². The van der Waals surface area contributed by atoms with E-state index >= 15 is 0 Å². The van der Waals surface area contributed by atoms with Crippen LogP contribution in [-0.4, -0.2) is 0 Å². The zero-order valence-electron chi connectivity index (χ0n) is 29.3. The van der Waals surface area contributed by atoms with Crippen LogP contribution < -0.4 is 4.90 Å². The molecule has 254 valence electrons. The van der Waals surface area contributed by atoms with E-state index in [2.05, 4.69) is 181 Å². The summed E-state index contributed by atoms with van der Waals surface area (Å²) in [7, 11) is 0. The summed E-state index contributed by atoms with van der Waals surface area (Å²) in [5.41, 5.74) is 9.93. The maximum absolute atomic E-state index is 6.85. The highest BCUT2D eigenvalue weighted by Crippen LogP contribution is 2.46. The second kappa shape index (κ2) is 14.1. The molecule has 0 atom stereocenters. The van der Waals surface area contributed by atoms with Gasteiger partial charge in [-0.2, -0.15) is 0 Å². The molecule has 0 saturated heterocycles. The molecule has 2 heterocycles. The highest BCUT2D eigenvalue weighted by atomic mass is 16.3. The standard InChI is InChI=1S/C50H37NO2/c1-2-3-4-5-6-7-8-9-18-35-19-16-21-37(33-35)51(38-30-32-48-45(34-38)41-24-13-15-28-47(41)52-48)46-27-14-12-23-40(46)42-25-17-26-43-44-31-29-36-20-10-11-22-39(36)49(44)53-50(42)43/h2,4-7,9-34H,1,3,8H2/b5-4-,7-6-,18-9+. The highest BCUT2D eigenvalue weighted by Gasteiger charge is 2.22. The monoisotopic (exact) mass is 683 g/mol. The topological polar surface area (TPSA) is 29.5 Å². The molecule has 3 nitrogen and oxygen atoms in total. The van der Waals surface area contributed by atoms with E-state index in [9.17, 15) is 0 Å². The van der Waals surface area contributed by atoms with E-state index in [1.807, 2.05) is 18.2 Å². The van der Waals surface area contributed by atoms with Crippen LogP contribution in [0.1, 0.15) is 18.4 Å². The Hall–Kier alpha value is -6.84. The van der Waals surface area contributed by atoms with Gasteiger partial charge >= 0.3 is 0 Å². The lowest BCUT2D eigenvalue weighted by atomic mass is 9.98. The summed E-state index contributed by atoms with van der Waals surface area (Å²) in [6.45, 7) is 3.77. The van der Waals surface area contributed by atoms with E-state index < -0.39 is 0 Å². The molecule has 2 aromatic heterocycles. The Bertz CT molecular complexity index is 2880. The van der Waals surface area contributed by atoms with Crippen LogP contribution >= 0.6 is 0 Å². The minimum Gasteiger partial charge on any atom is -0.456 e. The average molecular weight is 684 g/mol. The number of benzene rings is 7. The summed E-state index contributed by atoms with van der Waals surface area (Å²) in [5.74, 6) is 0. The number of hydrogen-bond donors (Lipinski definition) is 0. The molecule has 9 aromatic rings. The van der Waals surface area contributed by atoms with Gasteiger partial charge in [-0.05, 0) is 72.3 Å². The molecule has 9 rings (SSSR count). The van der Waals surface area contributed by atoms with Crippen LogP contribution in [0.4, 0.5) is 17.1 Å².